The van der Waals surface area contributed by atoms with Crippen molar-refractivity contribution in [3.63, 3.8) is 0 Å². The van der Waals surface area contributed by atoms with Gasteiger partial charge in [0, 0.05) is 11.0 Å². The highest BCUT2D eigenvalue weighted by Gasteiger charge is 2.22. The van der Waals surface area contributed by atoms with Gasteiger partial charge in [0.2, 0.25) is 0 Å². The summed E-state index contributed by atoms with van der Waals surface area (Å²) in [5.74, 6) is -0.708. The molecule has 1 aromatic heterocycles. The van der Waals surface area contributed by atoms with Crippen LogP contribution in [0.1, 0.15) is 17.3 Å². The molecule has 3 nitrogen and oxygen atoms in total. The summed E-state index contributed by atoms with van der Waals surface area (Å²) in [6.07, 6.45) is 0. The minimum Gasteiger partial charge on any atom is -0.284 e. The third kappa shape index (κ3) is 2.76. The number of hydrogen-bond donors (Lipinski definition) is 0. The van der Waals surface area contributed by atoms with Crippen LogP contribution in [0.3, 0.4) is 0 Å². The van der Waals surface area contributed by atoms with Gasteiger partial charge < -0.3 is 0 Å². The SMILES string of the molecule is CCN(C(=O)c1cc(F)ccc1Br)c1nc2ccccc2s1. The Labute approximate surface area is 139 Å². The van der Waals surface area contributed by atoms with Gasteiger partial charge in [-0.1, -0.05) is 23.5 Å². The molecular formula is C16H12BrFN2OS. The second kappa shape index (κ2) is 6.14. The zero-order valence-corrected chi connectivity index (χ0v) is 14.1. The third-order valence-corrected chi connectivity index (χ3v) is 4.98. The highest BCUT2D eigenvalue weighted by Crippen LogP contribution is 2.30. The van der Waals surface area contributed by atoms with Gasteiger partial charge in [0.25, 0.3) is 5.91 Å². The van der Waals surface area contributed by atoms with Crippen molar-refractivity contribution >= 4 is 48.5 Å². The van der Waals surface area contributed by atoms with Gasteiger partial charge in [-0.2, -0.15) is 0 Å². The summed E-state index contributed by atoms with van der Waals surface area (Å²) in [6, 6.07) is 11.8. The number of aromatic nitrogens is 1. The molecule has 3 rings (SSSR count). The number of anilines is 1. The number of carbonyl (C=O) groups is 1. The number of fused-ring (bicyclic) bond motifs is 1. The number of hydrogen-bond acceptors (Lipinski definition) is 3. The van der Waals surface area contributed by atoms with E-state index in [1.54, 1.807) is 4.90 Å². The van der Waals surface area contributed by atoms with Gasteiger partial charge in [0.15, 0.2) is 5.13 Å². The van der Waals surface area contributed by atoms with Crippen LogP contribution in [-0.2, 0) is 0 Å². The summed E-state index contributed by atoms with van der Waals surface area (Å²) < 4.78 is 15.0. The molecule has 0 saturated heterocycles. The number of rotatable bonds is 3. The second-order valence-corrected chi connectivity index (χ2v) is 6.50. The number of amides is 1. The molecule has 0 unspecified atom stereocenters. The number of benzene rings is 2. The van der Waals surface area contributed by atoms with Crippen molar-refractivity contribution in [2.75, 3.05) is 11.4 Å². The van der Waals surface area contributed by atoms with Crippen LogP contribution < -0.4 is 4.90 Å². The van der Waals surface area contributed by atoms with Crippen molar-refractivity contribution in [1.82, 2.24) is 4.98 Å². The van der Waals surface area contributed by atoms with E-state index in [-0.39, 0.29) is 5.91 Å². The van der Waals surface area contributed by atoms with Crippen molar-refractivity contribution < 1.29 is 9.18 Å². The average molecular weight is 379 g/mol. The molecule has 3 aromatic rings. The van der Waals surface area contributed by atoms with E-state index >= 15 is 0 Å². The highest BCUT2D eigenvalue weighted by molar-refractivity contribution is 9.10. The quantitative estimate of drug-likeness (QED) is 0.651. The fourth-order valence-electron chi connectivity index (χ4n) is 2.15. The lowest BCUT2D eigenvalue weighted by Crippen LogP contribution is -2.30. The second-order valence-electron chi connectivity index (χ2n) is 4.64. The summed E-state index contributed by atoms with van der Waals surface area (Å²) in [7, 11) is 0. The summed E-state index contributed by atoms with van der Waals surface area (Å²) >= 11 is 4.75. The van der Waals surface area contributed by atoms with Crippen molar-refractivity contribution in [3.05, 3.63) is 58.3 Å². The maximum absolute atomic E-state index is 13.4. The molecular weight excluding hydrogens is 367 g/mol. The molecule has 2 aromatic carbocycles. The van der Waals surface area contributed by atoms with Crippen LogP contribution in [0.25, 0.3) is 10.2 Å². The molecule has 0 radical (unpaired) electrons. The van der Waals surface area contributed by atoms with E-state index in [4.69, 9.17) is 0 Å². The van der Waals surface area contributed by atoms with Crippen LogP contribution in [0, 0.1) is 5.82 Å². The Morgan fingerprint density at radius 2 is 2.09 bits per heavy atom. The van der Waals surface area contributed by atoms with Crippen molar-refractivity contribution in [3.8, 4) is 0 Å². The largest absolute Gasteiger partial charge is 0.284 e. The van der Waals surface area contributed by atoms with Gasteiger partial charge in [-0.3, -0.25) is 9.69 Å². The van der Waals surface area contributed by atoms with E-state index < -0.39 is 5.82 Å². The molecule has 0 spiro atoms. The van der Waals surface area contributed by atoms with Gasteiger partial charge in [-0.25, -0.2) is 9.37 Å². The molecule has 1 amide bonds. The molecule has 112 valence electrons. The predicted molar refractivity (Wildman–Crippen MR) is 91.1 cm³/mol. The molecule has 6 heteroatoms. The first-order valence-electron chi connectivity index (χ1n) is 6.72. The Kier molecular flexibility index (Phi) is 4.22. The molecule has 0 saturated carbocycles. The zero-order chi connectivity index (χ0) is 15.7. The van der Waals surface area contributed by atoms with Crippen molar-refractivity contribution in [2.24, 2.45) is 0 Å². The smallest absolute Gasteiger partial charge is 0.261 e. The summed E-state index contributed by atoms with van der Waals surface area (Å²) in [4.78, 5) is 18.8. The Morgan fingerprint density at radius 1 is 1.32 bits per heavy atom. The van der Waals surface area contributed by atoms with Gasteiger partial charge in [-0.05, 0) is 53.2 Å². The topological polar surface area (TPSA) is 33.2 Å². The Morgan fingerprint density at radius 3 is 2.82 bits per heavy atom. The minimum atomic E-state index is -0.438. The van der Waals surface area contributed by atoms with E-state index in [0.717, 1.165) is 10.2 Å². The minimum absolute atomic E-state index is 0.270. The molecule has 0 atom stereocenters. The monoisotopic (exact) mass is 378 g/mol. The number of carbonyl (C=O) groups excluding carboxylic acids is 1. The molecule has 0 fully saturated rings. The van der Waals surface area contributed by atoms with Crippen LogP contribution in [-0.4, -0.2) is 17.4 Å². The Balaban J connectivity index is 2.03. The standard InChI is InChI=1S/C16H12BrFN2OS/c1-2-20(15(21)11-9-10(18)7-8-12(11)17)16-19-13-5-3-4-6-14(13)22-16/h3-9H,2H2,1H3. The first-order chi connectivity index (χ1) is 10.6. The van der Waals surface area contributed by atoms with Crippen LogP contribution in [0.15, 0.2) is 46.9 Å². The van der Waals surface area contributed by atoms with Gasteiger partial charge >= 0.3 is 0 Å². The fraction of sp³-hybridized carbons (Fsp3) is 0.125. The lowest BCUT2D eigenvalue weighted by molar-refractivity contribution is 0.0987. The molecule has 0 N–H and O–H groups in total. The van der Waals surface area contributed by atoms with E-state index in [1.165, 1.54) is 29.5 Å². The van der Waals surface area contributed by atoms with Crippen molar-refractivity contribution in [1.29, 1.82) is 0 Å². The number of halogens is 2. The molecule has 0 bridgehead atoms. The third-order valence-electron chi connectivity index (χ3n) is 3.23. The van der Waals surface area contributed by atoms with E-state index in [0.29, 0.717) is 21.7 Å². The average Bonchev–Trinajstić information content (AvgIpc) is 2.93. The maximum Gasteiger partial charge on any atom is 0.261 e. The zero-order valence-electron chi connectivity index (χ0n) is 11.7. The maximum atomic E-state index is 13.4. The highest BCUT2D eigenvalue weighted by atomic mass is 79.9. The van der Waals surface area contributed by atoms with Crippen molar-refractivity contribution in [2.45, 2.75) is 6.92 Å². The lowest BCUT2D eigenvalue weighted by Gasteiger charge is -2.18. The molecule has 22 heavy (non-hydrogen) atoms. The van der Waals surface area contributed by atoms with Crippen LogP contribution in [0.2, 0.25) is 0 Å². The molecule has 0 aliphatic rings. The summed E-state index contributed by atoms with van der Waals surface area (Å²) in [5.41, 5.74) is 1.15. The van der Waals surface area contributed by atoms with Crippen LogP contribution in [0.4, 0.5) is 9.52 Å². The summed E-state index contributed by atoms with van der Waals surface area (Å²) in [5, 5.41) is 0.616. The Bertz CT molecular complexity index is 816. The fourth-order valence-corrected chi connectivity index (χ4v) is 3.59. The van der Waals surface area contributed by atoms with E-state index in [1.807, 2.05) is 31.2 Å². The Hall–Kier alpha value is -1.79. The number of thiazole rings is 1. The van der Waals surface area contributed by atoms with E-state index in [9.17, 15) is 9.18 Å². The van der Waals surface area contributed by atoms with Crippen LogP contribution >= 0.6 is 27.3 Å². The number of para-hydroxylation sites is 1. The van der Waals surface area contributed by atoms with Crippen LogP contribution in [0.5, 0.6) is 0 Å². The first-order valence-corrected chi connectivity index (χ1v) is 8.33. The predicted octanol–water partition coefficient (Wildman–Crippen LogP) is 4.86. The first kappa shape index (κ1) is 15.1. The molecule has 0 aliphatic carbocycles. The number of nitrogens with zero attached hydrogens (tertiary/aromatic N) is 2. The summed E-state index contributed by atoms with van der Waals surface area (Å²) in [6.45, 7) is 2.33. The normalized spacial score (nSPS) is 10.9. The van der Waals surface area contributed by atoms with Gasteiger partial charge in [-0.15, -0.1) is 0 Å². The lowest BCUT2D eigenvalue weighted by atomic mass is 10.2. The van der Waals surface area contributed by atoms with Gasteiger partial charge in [0.1, 0.15) is 5.82 Å². The molecule has 0 aliphatic heterocycles. The van der Waals surface area contributed by atoms with E-state index in [2.05, 4.69) is 20.9 Å². The van der Waals surface area contributed by atoms with Gasteiger partial charge in [0.05, 0.1) is 15.8 Å². The molecule has 1 heterocycles.